The molecule has 0 saturated heterocycles. The Balaban J connectivity index is 3.61. The summed E-state index contributed by atoms with van der Waals surface area (Å²) in [7, 11) is 0. The summed E-state index contributed by atoms with van der Waals surface area (Å²) in [6, 6.07) is 1.54. The quantitative estimate of drug-likeness (QED) is 0.631. The van der Waals surface area contributed by atoms with E-state index in [1.165, 1.54) is 6.07 Å². The monoisotopic (exact) mass is 178 g/mol. The SMILES string of the molecule is C=c1c(C(C)C)cc(O)c(O)c1=C. The van der Waals surface area contributed by atoms with Crippen molar-refractivity contribution in [2.45, 2.75) is 19.8 Å². The van der Waals surface area contributed by atoms with Gasteiger partial charge in [0.25, 0.3) is 0 Å². The maximum absolute atomic E-state index is 9.34. The van der Waals surface area contributed by atoms with E-state index in [0.29, 0.717) is 10.4 Å². The first-order chi connectivity index (χ1) is 5.95. The van der Waals surface area contributed by atoms with E-state index >= 15 is 0 Å². The van der Waals surface area contributed by atoms with Crippen molar-refractivity contribution in [1.82, 2.24) is 0 Å². The minimum Gasteiger partial charge on any atom is -0.504 e. The number of phenols is 2. The molecule has 1 aromatic rings. The molecule has 0 bridgehead atoms. The number of hydrogen-bond acceptors (Lipinski definition) is 2. The molecule has 2 heteroatoms. The van der Waals surface area contributed by atoms with Crippen LogP contribution in [0.1, 0.15) is 25.3 Å². The van der Waals surface area contributed by atoms with Gasteiger partial charge in [0.15, 0.2) is 11.5 Å². The van der Waals surface area contributed by atoms with Gasteiger partial charge in [-0.2, -0.15) is 0 Å². The Bertz CT molecular complexity index is 419. The third-order valence-electron chi connectivity index (χ3n) is 2.16. The fourth-order valence-electron chi connectivity index (χ4n) is 1.29. The van der Waals surface area contributed by atoms with Crippen molar-refractivity contribution in [3.05, 3.63) is 22.1 Å². The molecule has 0 saturated carbocycles. The number of benzene rings is 1. The van der Waals surface area contributed by atoms with Gasteiger partial charge < -0.3 is 10.2 Å². The average molecular weight is 178 g/mol. The van der Waals surface area contributed by atoms with Crippen LogP contribution in [0.25, 0.3) is 13.2 Å². The summed E-state index contributed by atoms with van der Waals surface area (Å²) >= 11 is 0. The highest BCUT2D eigenvalue weighted by Crippen LogP contribution is 2.21. The Kier molecular flexibility index (Phi) is 2.32. The van der Waals surface area contributed by atoms with E-state index in [0.717, 1.165) is 5.56 Å². The molecule has 13 heavy (non-hydrogen) atoms. The van der Waals surface area contributed by atoms with E-state index in [1.54, 1.807) is 0 Å². The van der Waals surface area contributed by atoms with Crippen molar-refractivity contribution in [2.24, 2.45) is 0 Å². The summed E-state index contributed by atoms with van der Waals surface area (Å²) in [5.74, 6) is -0.0324. The van der Waals surface area contributed by atoms with Crippen molar-refractivity contribution < 1.29 is 10.2 Å². The van der Waals surface area contributed by atoms with Gasteiger partial charge in [0, 0.05) is 5.22 Å². The van der Waals surface area contributed by atoms with Crippen LogP contribution in [0.5, 0.6) is 11.5 Å². The second kappa shape index (κ2) is 3.13. The van der Waals surface area contributed by atoms with Gasteiger partial charge in [0.1, 0.15) is 0 Å². The molecule has 0 spiro atoms. The number of hydrogen-bond donors (Lipinski definition) is 2. The van der Waals surface area contributed by atoms with Crippen molar-refractivity contribution >= 4 is 13.2 Å². The molecule has 2 N–H and O–H groups in total. The van der Waals surface area contributed by atoms with Gasteiger partial charge in [0.2, 0.25) is 0 Å². The van der Waals surface area contributed by atoms with Crippen LogP contribution < -0.4 is 10.4 Å². The fourth-order valence-corrected chi connectivity index (χ4v) is 1.29. The van der Waals surface area contributed by atoms with Crippen LogP contribution in [0.4, 0.5) is 0 Å². The first kappa shape index (κ1) is 9.65. The zero-order valence-electron chi connectivity index (χ0n) is 7.96. The van der Waals surface area contributed by atoms with Crippen LogP contribution in [-0.4, -0.2) is 10.2 Å². The highest BCUT2D eigenvalue weighted by molar-refractivity contribution is 5.45. The highest BCUT2D eigenvalue weighted by Gasteiger charge is 2.07. The molecule has 0 amide bonds. The second-order valence-electron chi connectivity index (χ2n) is 3.45. The summed E-state index contributed by atoms with van der Waals surface area (Å²) in [5, 5.41) is 19.8. The van der Waals surface area contributed by atoms with Crippen LogP contribution in [0.3, 0.4) is 0 Å². The van der Waals surface area contributed by atoms with Gasteiger partial charge in [-0.3, -0.25) is 0 Å². The summed E-state index contributed by atoms with van der Waals surface area (Å²) in [5.41, 5.74) is 0.917. The van der Waals surface area contributed by atoms with Crippen LogP contribution in [0, 0.1) is 0 Å². The molecular weight excluding hydrogens is 164 g/mol. The lowest BCUT2D eigenvalue weighted by molar-refractivity contribution is 0.399. The molecule has 1 rings (SSSR count). The van der Waals surface area contributed by atoms with Crippen molar-refractivity contribution in [3.8, 4) is 11.5 Å². The van der Waals surface area contributed by atoms with Crippen molar-refractivity contribution in [2.75, 3.05) is 0 Å². The van der Waals surface area contributed by atoms with Gasteiger partial charge in [0.05, 0.1) is 0 Å². The Labute approximate surface area is 77.5 Å². The molecular formula is C11H14O2. The first-order valence-electron chi connectivity index (χ1n) is 4.18. The fraction of sp³-hybridized carbons (Fsp3) is 0.273. The summed E-state index contributed by atoms with van der Waals surface area (Å²) < 4.78 is 0. The minimum absolute atomic E-state index is 0.124. The molecule has 0 unspecified atom stereocenters. The zero-order chi connectivity index (χ0) is 10.2. The summed E-state index contributed by atoms with van der Waals surface area (Å²) in [4.78, 5) is 0. The minimum atomic E-state index is -0.172. The van der Waals surface area contributed by atoms with E-state index in [1.807, 2.05) is 13.8 Å². The Hall–Kier alpha value is -1.44. The largest absolute Gasteiger partial charge is 0.504 e. The lowest BCUT2D eigenvalue weighted by atomic mass is 9.99. The van der Waals surface area contributed by atoms with Gasteiger partial charge in [-0.15, -0.1) is 0 Å². The second-order valence-corrected chi connectivity index (χ2v) is 3.45. The number of aromatic hydroxyl groups is 2. The van der Waals surface area contributed by atoms with E-state index in [4.69, 9.17) is 0 Å². The molecule has 0 aliphatic rings. The Morgan fingerprint density at radius 2 is 1.69 bits per heavy atom. The molecule has 0 radical (unpaired) electrons. The van der Waals surface area contributed by atoms with Crippen LogP contribution in [0.15, 0.2) is 6.07 Å². The zero-order valence-corrected chi connectivity index (χ0v) is 7.96. The maximum Gasteiger partial charge on any atom is 0.164 e. The third kappa shape index (κ3) is 1.52. The normalized spacial score (nSPS) is 10.7. The van der Waals surface area contributed by atoms with E-state index in [2.05, 4.69) is 13.2 Å². The van der Waals surface area contributed by atoms with Crippen LogP contribution in [0.2, 0.25) is 0 Å². The average Bonchev–Trinajstić information content (AvgIpc) is 2.07. The van der Waals surface area contributed by atoms with Gasteiger partial charge >= 0.3 is 0 Å². The maximum atomic E-state index is 9.34. The number of rotatable bonds is 1. The molecule has 0 heterocycles. The van der Waals surface area contributed by atoms with Crippen LogP contribution in [-0.2, 0) is 0 Å². The molecule has 0 fully saturated rings. The van der Waals surface area contributed by atoms with Crippen molar-refractivity contribution in [1.29, 1.82) is 0 Å². The van der Waals surface area contributed by atoms with Gasteiger partial charge in [-0.1, -0.05) is 27.0 Å². The van der Waals surface area contributed by atoms with Gasteiger partial charge in [-0.05, 0) is 22.8 Å². The standard InChI is InChI=1S/C11H14O2/c1-6(2)9-5-10(12)11(13)8(4)7(9)3/h5-6,12-13H,3-4H2,1-2H3. The van der Waals surface area contributed by atoms with E-state index < -0.39 is 0 Å². The van der Waals surface area contributed by atoms with E-state index in [-0.39, 0.29) is 17.4 Å². The summed E-state index contributed by atoms with van der Waals surface area (Å²) in [6.07, 6.45) is 0. The first-order valence-corrected chi connectivity index (χ1v) is 4.18. The molecule has 0 atom stereocenters. The number of phenolic OH excluding ortho intramolecular Hbond substituents is 2. The predicted molar refractivity (Wildman–Crippen MR) is 54.2 cm³/mol. The lowest BCUT2D eigenvalue weighted by Gasteiger charge is -2.08. The molecule has 2 nitrogen and oxygen atoms in total. The smallest absolute Gasteiger partial charge is 0.164 e. The van der Waals surface area contributed by atoms with E-state index in [9.17, 15) is 10.2 Å². The summed E-state index contributed by atoms with van der Waals surface area (Å²) in [6.45, 7) is 11.5. The Morgan fingerprint density at radius 3 is 2.15 bits per heavy atom. The molecule has 0 aromatic heterocycles. The predicted octanol–water partition coefficient (Wildman–Crippen LogP) is 1.04. The van der Waals surface area contributed by atoms with Crippen LogP contribution >= 0.6 is 0 Å². The lowest BCUT2D eigenvalue weighted by Crippen LogP contribution is -2.26. The molecule has 1 aromatic carbocycles. The topological polar surface area (TPSA) is 40.5 Å². The molecule has 0 aliphatic carbocycles. The van der Waals surface area contributed by atoms with Gasteiger partial charge in [-0.25, -0.2) is 0 Å². The molecule has 70 valence electrons. The van der Waals surface area contributed by atoms with Crippen molar-refractivity contribution in [3.63, 3.8) is 0 Å². The molecule has 0 aliphatic heterocycles. The highest BCUT2D eigenvalue weighted by atomic mass is 16.3. The third-order valence-corrected chi connectivity index (χ3v) is 2.16. The Morgan fingerprint density at radius 1 is 1.15 bits per heavy atom.